The van der Waals surface area contributed by atoms with Crippen LogP contribution in [0.3, 0.4) is 0 Å². The van der Waals surface area contributed by atoms with Crippen LogP contribution in [-0.4, -0.2) is 24.6 Å². The molecule has 20 heavy (non-hydrogen) atoms. The van der Waals surface area contributed by atoms with Crippen molar-refractivity contribution >= 4 is 27.3 Å². The molecule has 1 aromatic carbocycles. The van der Waals surface area contributed by atoms with E-state index in [0.717, 1.165) is 5.69 Å². The average Bonchev–Trinajstić information content (AvgIpc) is 2.91. The Bertz CT molecular complexity index is 654. The third kappa shape index (κ3) is 4.02. The van der Waals surface area contributed by atoms with Gasteiger partial charge in [0.05, 0.1) is 11.4 Å². The second kappa shape index (κ2) is 6.33. The number of aromatic nitrogens is 1. The molecule has 0 aliphatic rings. The van der Waals surface area contributed by atoms with Crippen LogP contribution >= 0.6 is 11.6 Å². The van der Waals surface area contributed by atoms with Crippen LogP contribution in [0.25, 0.3) is 5.69 Å². The quantitative estimate of drug-likeness (QED) is 0.833. The van der Waals surface area contributed by atoms with Gasteiger partial charge in [0.2, 0.25) is 10.0 Å². The first-order valence-electron chi connectivity index (χ1n) is 6.30. The van der Waals surface area contributed by atoms with Crippen LogP contribution in [0.4, 0.5) is 5.69 Å². The van der Waals surface area contributed by atoms with E-state index in [1.165, 1.54) is 0 Å². The number of benzene rings is 1. The summed E-state index contributed by atoms with van der Waals surface area (Å²) in [5, 5.41) is 0. The highest BCUT2D eigenvalue weighted by molar-refractivity contribution is 7.92. The molecule has 0 spiro atoms. The van der Waals surface area contributed by atoms with E-state index in [2.05, 4.69) is 4.72 Å². The molecule has 0 saturated carbocycles. The zero-order valence-electron chi connectivity index (χ0n) is 11.2. The molecule has 0 saturated heterocycles. The van der Waals surface area contributed by atoms with Crippen LogP contribution in [0.15, 0.2) is 48.8 Å². The predicted molar refractivity (Wildman–Crippen MR) is 83.1 cm³/mol. The molecule has 1 atom stereocenters. The van der Waals surface area contributed by atoms with E-state index >= 15 is 0 Å². The number of sulfonamides is 1. The first-order valence-corrected chi connectivity index (χ1v) is 8.49. The van der Waals surface area contributed by atoms with Crippen molar-refractivity contribution in [1.29, 1.82) is 0 Å². The Kier molecular flexibility index (Phi) is 4.73. The van der Waals surface area contributed by atoms with Gasteiger partial charge in [-0.1, -0.05) is 13.0 Å². The summed E-state index contributed by atoms with van der Waals surface area (Å²) in [5.74, 6) is 0.260. The number of hydrogen-bond acceptors (Lipinski definition) is 2. The minimum atomic E-state index is -3.38. The van der Waals surface area contributed by atoms with Crippen LogP contribution in [0, 0.1) is 5.92 Å². The summed E-state index contributed by atoms with van der Waals surface area (Å²) >= 11 is 5.66. The van der Waals surface area contributed by atoms with Gasteiger partial charge in [-0.05, 0) is 36.2 Å². The van der Waals surface area contributed by atoms with Crippen LogP contribution in [0.2, 0.25) is 0 Å². The lowest BCUT2D eigenvalue weighted by Gasteiger charge is -2.12. The first-order chi connectivity index (χ1) is 9.50. The van der Waals surface area contributed by atoms with Crippen molar-refractivity contribution < 1.29 is 8.42 Å². The zero-order valence-corrected chi connectivity index (χ0v) is 12.7. The van der Waals surface area contributed by atoms with Crippen molar-refractivity contribution in [3.05, 3.63) is 48.8 Å². The Balaban J connectivity index is 2.16. The number of hydrogen-bond donors (Lipinski definition) is 1. The fourth-order valence-electron chi connectivity index (χ4n) is 1.88. The molecule has 2 aromatic rings. The highest BCUT2D eigenvalue weighted by atomic mass is 35.5. The number of halogens is 1. The number of nitrogens with zero attached hydrogens (tertiary/aromatic N) is 1. The smallest absolute Gasteiger partial charge is 0.233 e. The SMILES string of the molecule is CC(CCl)CS(=O)(=O)Nc1cccc(-n2cccc2)c1. The van der Waals surface area contributed by atoms with E-state index in [-0.39, 0.29) is 11.7 Å². The van der Waals surface area contributed by atoms with Crippen molar-refractivity contribution in [3.8, 4) is 5.69 Å². The highest BCUT2D eigenvalue weighted by Gasteiger charge is 2.15. The van der Waals surface area contributed by atoms with Gasteiger partial charge >= 0.3 is 0 Å². The molecule has 4 nitrogen and oxygen atoms in total. The average molecular weight is 313 g/mol. The maximum Gasteiger partial charge on any atom is 0.233 e. The maximum absolute atomic E-state index is 12.0. The summed E-state index contributed by atoms with van der Waals surface area (Å²) in [5.41, 5.74) is 1.46. The number of rotatable bonds is 6. The van der Waals surface area contributed by atoms with Crippen molar-refractivity contribution in [1.82, 2.24) is 4.57 Å². The molecule has 0 fully saturated rings. The zero-order chi connectivity index (χ0) is 14.6. The van der Waals surface area contributed by atoms with Gasteiger partial charge in [-0.3, -0.25) is 4.72 Å². The number of nitrogens with one attached hydrogen (secondary N) is 1. The summed E-state index contributed by atoms with van der Waals surface area (Å²) in [6.07, 6.45) is 3.81. The Labute approximate surface area is 124 Å². The Morgan fingerprint density at radius 2 is 1.95 bits per heavy atom. The molecule has 2 rings (SSSR count). The summed E-state index contributed by atoms with van der Waals surface area (Å²) in [6, 6.07) is 11.1. The van der Waals surface area contributed by atoms with Crippen LogP contribution in [0.1, 0.15) is 6.92 Å². The van der Waals surface area contributed by atoms with E-state index in [1.807, 2.05) is 48.1 Å². The lowest BCUT2D eigenvalue weighted by Crippen LogP contribution is -2.22. The van der Waals surface area contributed by atoms with E-state index in [4.69, 9.17) is 11.6 Å². The van der Waals surface area contributed by atoms with Gasteiger partial charge in [-0.25, -0.2) is 8.42 Å². The van der Waals surface area contributed by atoms with E-state index in [1.54, 1.807) is 12.1 Å². The van der Waals surface area contributed by atoms with Crippen LogP contribution in [-0.2, 0) is 10.0 Å². The van der Waals surface area contributed by atoms with Gasteiger partial charge in [-0.15, -0.1) is 11.6 Å². The second-order valence-electron chi connectivity index (χ2n) is 4.78. The fourth-order valence-corrected chi connectivity index (χ4v) is 3.55. The highest BCUT2D eigenvalue weighted by Crippen LogP contribution is 2.17. The lowest BCUT2D eigenvalue weighted by molar-refractivity contribution is 0.588. The minimum absolute atomic E-state index is 0.0181. The molecular formula is C14H17ClN2O2S. The molecule has 0 radical (unpaired) electrons. The second-order valence-corrected chi connectivity index (χ2v) is 6.86. The van der Waals surface area contributed by atoms with Crippen molar-refractivity contribution in [2.75, 3.05) is 16.4 Å². The number of alkyl halides is 1. The third-order valence-electron chi connectivity index (χ3n) is 2.79. The summed E-state index contributed by atoms with van der Waals surface area (Å²) in [7, 11) is -3.38. The molecule has 0 bridgehead atoms. The molecule has 1 heterocycles. The van der Waals surface area contributed by atoms with E-state index < -0.39 is 10.0 Å². The van der Waals surface area contributed by atoms with Crippen molar-refractivity contribution in [2.45, 2.75) is 6.92 Å². The summed E-state index contributed by atoms with van der Waals surface area (Å²) in [6.45, 7) is 1.81. The molecule has 108 valence electrons. The summed E-state index contributed by atoms with van der Waals surface area (Å²) < 4.78 is 28.5. The molecule has 1 unspecified atom stereocenters. The molecule has 6 heteroatoms. The Morgan fingerprint density at radius 1 is 1.25 bits per heavy atom. The van der Waals surface area contributed by atoms with E-state index in [0.29, 0.717) is 11.6 Å². The fraction of sp³-hybridized carbons (Fsp3) is 0.286. The van der Waals surface area contributed by atoms with Gasteiger partial charge in [0, 0.05) is 24.0 Å². The van der Waals surface area contributed by atoms with E-state index in [9.17, 15) is 8.42 Å². The van der Waals surface area contributed by atoms with Gasteiger partial charge in [0.25, 0.3) is 0 Å². The van der Waals surface area contributed by atoms with Gasteiger partial charge < -0.3 is 4.57 Å². The lowest BCUT2D eigenvalue weighted by atomic mass is 10.3. The molecule has 0 amide bonds. The Morgan fingerprint density at radius 3 is 2.60 bits per heavy atom. The van der Waals surface area contributed by atoms with Crippen LogP contribution in [0.5, 0.6) is 0 Å². The third-order valence-corrected chi connectivity index (χ3v) is 4.87. The molecule has 0 aliphatic heterocycles. The number of anilines is 1. The van der Waals surface area contributed by atoms with Crippen molar-refractivity contribution in [2.24, 2.45) is 5.92 Å². The monoisotopic (exact) mass is 312 g/mol. The molecule has 1 aromatic heterocycles. The predicted octanol–water partition coefficient (Wildman–Crippen LogP) is 3.09. The van der Waals surface area contributed by atoms with Crippen LogP contribution < -0.4 is 4.72 Å². The summed E-state index contributed by atoms with van der Waals surface area (Å²) in [4.78, 5) is 0. The standard InChI is InChI=1S/C14H17ClN2O2S/c1-12(10-15)11-20(18,19)16-13-5-4-6-14(9-13)17-7-2-3-8-17/h2-9,12,16H,10-11H2,1H3. The first kappa shape index (κ1) is 14.9. The van der Waals surface area contributed by atoms with Gasteiger partial charge in [-0.2, -0.15) is 0 Å². The normalized spacial score (nSPS) is 13.1. The molecule has 0 aliphatic carbocycles. The van der Waals surface area contributed by atoms with Gasteiger partial charge in [0.1, 0.15) is 0 Å². The molecule has 1 N–H and O–H groups in total. The minimum Gasteiger partial charge on any atom is -0.324 e. The Hall–Kier alpha value is -1.46. The van der Waals surface area contributed by atoms with Gasteiger partial charge in [0.15, 0.2) is 0 Å². The molecular weight excluding hydrogens is 296 g/mol. The maximum atomic E-state index is 12.0. The van der Waals surface area contributed by atoms with Crippen molar-refractivity contribution in [3.63, 3.8) is 0 Å². The largest absolute Gasteiger partial charge is 0.324 e. The topological polar surface area (TPSA) is 51.1 Å².